The fraction of sp³-hybridized carbons (Fsp3) is 0.0741. The number of nitrogens with zero attached hydrogens (tertiary/aromatic N) is 3. The Morgan fingerprint density at radius 1 is 1.09 bits per heavy atom. The summed E-state index contributed by atoms with van der Waals surface area (Å²) in [5.74, 6) is 3.49. The number of hydrogen-bond donors (Lipinski definition) is 0. The van der Waals surface area contributed by atoms with Crippen molar-refractivity contribution in [2.45, 2.75) is 6.92 Å². The predicted octanol–water partition coefficient (Wildman–Crippen LogP) is 4.75. The highest BCUT2D eigenvalue weighted by atomic mass is 16.5. The van der Waals surface area contributed by atoms with Gasteiger partial charge in [0.15, 0.2) is 0 Å². The molecular formula is C27H19N3O2. The van der Waals surface area contributed by atoms with Crippen LogP contribution in [0.4, 0.5) is 0 Å². The SMILES string of the molecule is C#CCOc1cccc(-n2c(/C=C/c3ccc(C#N)cc3)nc3c(C)cccc3c2=O)c1. The van der Waals surface area contributed by atoms with Crippen molar-refractivity contribution in [3.63, 3.8) is 0 Å². The minimum atomic E-state index is -0.174. The first-order valence-electron chi connectivity index (χ1n) is 9.98. The lowest BCUT2D eigenvalue weighted by molar-refractivity contribution is 0.370. The third-order valence-corrected chi connectivity index (χ3v) is 4.99. The van der Waals surface area contributed by atoms with Gasteiger partial charge in [0.05, 0.1) is 28.2 Å². The summed E-state index contributed by atoms with van der Waals surface area (Å²) in [5.41, 5.74) is 3.51. The van der Waals surface area contributed by atoms with Crippen LogP contribution in [0.1, 0.15) is 22.5 Å². The molecule has 0 aliphatic rings. The van der Waals surface area contributed by atoms with Gasteiger partial charge < -0.3 is 4.74 Å². The van der Waals surface area contributed by atoms with Gasteiger partial charge in [-0.3, -0.25) is 9.36 Å². The van der Waals surface area contributed by atoms with E-state index in [1.54, 1.807) is 41.0 Å². The maximum atomic E-state index is 13.5. The fourth-order valence-electron chi connectivity index (χ4n) is 3.41. The Morgan fingerprint density at radius 2 is 1.88 bits per heavy atom. The van der Waals surface area contributed by atoms with Crippen molar-refractivity contribution in [1.29, 1.82) is 5.26 Å². The van der Waals surface area contributed by atoms with Gasteiger partial charge in [0.1, 0.15) is 18.2 Å². The summed E-state index contributed by atoms with van der Waals surface area (Å²) in [4.78, 5) is 18.3. The highest BCUT2D eigenvalue weighted by molar-refractivity contribution is 5.83. The summed E-state index contributed by atoms with van der Waals surface area (Å²) in [6.45, 7) is 2.07. The Hall–Kier alpha value is -4.61. The van der Waals surface area contributed by atoms with Crippen molar-refractivity contribution in [1.82, 2.24) is 9.55 Å². The molecule has 0 amide bonds. The van der Waals surface area contributed by atoms with E-state index in [0.717, 1.165) is 11.1 Å². The van der Waals surface area contributed by atoms with Crippen LogP contribution in [0.3, 0.4) is 0 Å². The maximum absolute atomic E-state index is 13.5. The van der Waals surface area contributed by atoms with E-state index < -0.39 is 0 Å². The summed E-state index contributed by atoms with van der Waals surface area (Å²) in [7, 11) is 0. The summed E-state index contributed by atoms with van der Waals surface area (Å²) >= 11 is 0. The molecule has 4 aromatic rings. The fourth-order valence-corrected chi connectivity index (χ4v) is 3.41. The average Bonchev–Trinajstić information content (AvgIpc) is 2.82. The number of fused-ring (bicyclic) bond motifs is 1. The molecule has 0 saturated carbocycles. The Morgan fingerprint density at radius 3 is 2.62 bits per heavy atom. The van der Waals surface area contributed by atoms with E-state index in [4.69, 9.17) is 21.4 Å². The highest BCUT2D eigenvalue weighted by Gasteiger charge is 2.13. The van der Waals surface area contributed by atoms with Crippen LogP contribution in [0.15, 0.2) is 71.5 Å². The lowest BCUT2D eigenvalue weighted by atomic mass is 10.1. The monoisotopic (exact) mass is 417 g/mol. The number of terminal acetylenes is 1. The summed E-state index contributed by atoms with van der Waals surface area (Å²) < 4.78 is 7.10. The standard InChI is InChI=1S/C27H19N3O2/c1-3-16-32-23-8-5-7-22(17-23)30-25(15-14-20-10-12-21(18-28)13-11-20)29-26-19(2)6-4-9-24(26)27(30)31/h1,4-15,17H,16H2,2H3/b15-14+. The van der Waals surface area contributed by atoms with Crippen LogP contribution in [0.5, 0.6) is 5.75 Å². The second-order valence-corrected chi connectivity index (χ2v) is 7.14. The summed E-state index contributed by atoms with van der Waals surface area (Å²) in [5, 5.41) is 9.53. The zero-order valence-electron chi connectivity index (χ0n) is 17.4. The largest absolute Gasteiger partial charge is 0.481 e. The van der Waals surface area contributed by atoms with Crippen molar-refractivity contribution < 1.29 is 4.74 Å². The first kappa shape index (κ1) is 20.7. The molecule has 5 nitrogen and oxygen atoms in total. The average molecular weight is 417 g/mol. The third kappa shape index (κ3) is 4.14. The van der Waals surface area contributed by atoms with Gasteiger partial charge in [-0.05, 0) is 54.5 Å². The van der Waals surface area contributed by atoms with E-state index in [1.165, 1.54) is 0 Å². The molecule has 0 radical (unpaired) electrons. The van der Waals surface area contributed by atoms with Crippen LogP contribution in [-0.4, -0.2) is 16.2 Å². The van der Waals surface area contributed by atoms with Crippen molar-refractivity contribution in [2.24, 2.45) is 0 Å². The molecule has 3 aromatic carbocycles. The van der Waals surface area contributed by atoms with Crippen molar-refractivity contribution >= 4 is 23.1 Å². The van der Waals surface area contributed by atoms with Gasteiger partial charge in [0, 0.05) is 6.07 Å². The van der Waals surface area contributed by atoms with Gasteiger partial charge in [0.25, 0.3) is 5.56 Å². The molecule has 0 atom stereocenters. The number of aromatic nitrogens is 2. The van der Waals surface area contributed by atoms with E-state index >= 15 is 0 Å². The summed E-state index contributed by atoms with van der Waals surface area (Å²) in [6.07, 6.45) is 8.95. The maximum Gasteiger partial charge on any atom is 0.266 e. The molecule has 0 unspecified atom stereocenters. The molecule has 0 bridgehead atoms. The number of ether oxygens (including phenoxy) is 1. The van der Waals surface area contributed by atoms with Crippen LogP contribution in [0, 0.1) is 30.6 Å². The number of benzene rings is 3. The van der Waals surface area contributed by atoms with Gasteiger partial charge in [-0.25, -0.2) is 4.98 Å². The first-order chi connectivity index (χ1) is 15.6. The zero-order chi connectivity index (χ0) is 22.5. The number of hydrogen-bond acceptors (Lipinski definition) is 4. The lowest BCUT2D eigenvalue weighted by Crippen LogP contribution is -2.22. The molecule has 0 aliphatic carbocycles. The van der Waals surface area contributed by atoms with Crippen molar-refractivity contribution in [3.05, 3.63) is 99.6 Å². The second kappa shape index (κ2) is 9.04. The van der Waals surface area contributed by atoms with Crippen LogP contribution in [-0.2, 0) is 0 Å². The Balaban J connectivity index is 1.90. The predicted molar refractivity (Wildman–Crippen MR) is 126 cm³/mol. The Labute approximate surface area is 185 Å². The number of para-hydroxylation sites is 1. The quantitative estimate of drug-likeness (QED) is 0.440. The van der Waals surface area contributed by atoms with Crippen molar-refractivity contribution in [2.75, 3.05) is 6.61 Å². The summed E-state index contributed by atoms with van der Waals surface area (Å²) in [6, 6.07) is 22.0. The molecule has 1 aromatic heterocycles. The molecule has 154 valence electrons. The van der Waals surface area contributed by atoms with Crippen molar-refractivity contribution in [3.8, 4) is 29.8 Å². The van der Waals surface area contributed by atoms with Gasteiger partial charge in [-0.1, -0.05) is 42.3 Å². The first-order valence-corrected chi connectivity index (χ1v) is 9.98. The third-order valence-electron chi connectivity index (χ3n) is 4.99. The van der Waals surface area contributed by atoms with Gasteiger partial charge in [-0.15, -0.1) is 6.42 Å². The lowest BCUT2D eigenvalue weighted by Gasteiger charge is -2.13. The normalized spacial score (nSPS) is 10.7. The number of nitriles is 1. The minimum Gasteiger partial charge on any atom is -0.481 e. The molecule has 5 heteroatoms. The van der Waals surface area contributed by atoms with Gasteiger partial charge in [-0.2, -0.15) is 5.26 Å². The van der Waals surface area contributed by atoms with E-state index in [1.807, 2.05) is 49.4 Å². The molecular weight excluding hydrogens is 398 g/mol. The molecule has 0 aliphatic heterocycles. The van der Waals surface area contributed by atoms with Crippen LogP contribution in [0.2, 0.25) is 0 Å². The van der Waals surface area contributed by atoms with Crippen LogP contribution in [0.25, 0.3) is 28.7 Å². The topological polar surface area (TPSA) is 67.9 Å². The number of aryl methyl sites for hydroxylation is 1. The van der Waals surface area contributed by atoms with E-state index in [9.17, 15) is 4.79 Å². The molecule has 32 heavy (non-hydrogen) atoms. The highest BCUT2D eigenvalue weighted by Crippen LogP contribution is 2.21. The smallest absolute Gasteiger partial charge is 0.266 e. The Bertz CT molecular complexity index is 1470. The van der Waals surface area contributed by atoms with Gasteiger partial charge >= 0.3 is 0 Å². The zero-order valence-corrected chi connectivity index (χ0v) is 17.4. The molecule has 0 saturated heterocycles. The number of rotatable bonds is 5. The van der Waals surface area contributed by atoms with Crippen LogP contribution < -0.4 is 10.3 Å². The second-order valence-electron chi connectivity index (χ2n) is 7.14. The Kier molecular flexibility index (Phi) is 5.83. The van der Waals surface area contributed by atoms with Gasteiger partial charge in [0.2, 0.25) is 0 Å². The molecule has 0 spiro atoms. The molecule has 4 rings (SSSR count). The molecule has 0 N–H and O–H groups in total. The minimum absolute atomic E-state index is 0.138. The molecule has 0 fully saturated rings. The van der Waals surface area contributed by atoms with E-state index in [2.05, 4.69) is 12.0 Å². The molecule has 1 heterocycles. The van der Waals surface area contributed by atoms with Crippen LogP contribution >= 0.6 is 0 Å². The van der Waals surface area contributed by atoms with E-state index in [-0.39, 0.29) is 12.2 Å². The van der Waals surface area contributed by atoms with E-state index in [0.29, 0.717) is 33.7 Å².